The summed E-state index contributed by atoms with van der Waals surface area (Å²) in [7, 11) is -6.09. The van der Waals surface area contributed by atoms with Crippen LogP contribution in [-0.2, 0) is 46.8 Å². The number of benzene rings is 9. The Labute approximate surface area is 676 Å². The van der Waals surface area contributed by atoms with E-state index in [0.717, 1.165) is 16.6 Å². The van der Waals surface area contributed by atoms with E-state index in [2.05, 4.69) is 36.1 Å². The van der Waals surface area contributed by atoms with Crippen molar-refractivity contribution in [3.8, 4) is 62.3 Å². The van der Waals surface area contributed by atoms with E-state index in [1.54, 1.807) is 109 Å². The molecule has 9 aromatic carbocycles. The number of methoxy groups -OCH3 is 3. The summed E-state index contributed by atoms with van der Waals surface area (Å²) in [6, 6.07) is 54.6. The first-order valence-electron chi connectivity index (χ1n) is 32.7. The van der Waals surface area contributed by atoms with Crippen molar-refractivity contribution in [3.05, 3.63) is 322 Å². The molecule has 0 fully saturated rings. The molecule has 0 saturated carbocycles. The molecule has 15 aromatic rings. The van der Waals surface area contributed by atoms with Crippen molar-refractivity contribution in [3.63, 3.8) is 0 Å². The summed E-state index contributed by atoms with van der Waals surface area (Å²) in [5.41, 5.74) is 5.39. The molecule has 1 atom stereocenters. The lowest BCUT2D eigenvalue weighted by Gasteiger charge is -2.16. The molecule has 23 nitrogen and oxygen atoms in total. The molecule has 15 rings (SSSR count). The minimum Gasteiger partial charge on any atom is -0.537 e. The molecule has 0 aliphatic carbocycles. The number of rotatable bonds is 19. The van der Waals surface area contributed by atoms with Crippen LogP contribution in [-0.4, -0.2) is 88.5 Å². The number of halogens is 7. The molecule has 0 amide bonds. The Hall–Kier alpha value is -11.1. The first kappa shape index (κ1) is 85.3. The minimum absolute atomic E-state index is 0. The largest absolute Gasteiger partial charge is 0.569 e. The van der Waals surface area contributed by atoms with E-state index in [4.69, 9.17) is 67.6 Å². The maximum Gasteiger partial charge on any atom is 0.569 e. The van der Waals surface area contributed by atoms with Gasteiger partial charge < -0.3 is 37.5 Å². The third kappa shape index (κ3) is 19.9. The predicted molar refractivity (Wildman–Crippen MR) is 437 cm³/mol. The zero-order valence-electron chi connectivity index (χ0n) is 59.0. The molecule has 0 saturated heterocycles. The topological polar surface area (TPSA) is 304 Å². The average molecular weight is 1750 g/mol. The van der Waals surface area contributed by atoms with Crippen LogP contribution in [0.25, 0.3) is 72.0 Å². The minimum atomic E-state index is -3.69. The Kier molecular flexibility index (Phi) is 27.5. The van der Waals surface area contributed by atoms with Crippen molar-refractivity contribution < 1.29 is 75.9 Å². The predicted octanol–water partition coefficient (Wildman–Crippen LogP) is 16.6. The monoisotopic (exact) mass is 1750 g/mol. The molecule has 585 valence electrons. The van der Waals surface area contributed by atoms with Gasteiger partial charge in [0.05, 0.1) is 86.7 Å². The third-order valence-electron chi connectivity index (χ3n) is 16.8. The van der Waals surface area contributed by atoms with Gasteiger partial charge >= 0.3 is 7.69 Å². The number of aromatic nitrogens is 6. The number of hydrogen-bond donors (Lipinski definition) is 1. The Morgan fingerprint density at radius 1 is 0.412 bits per heavy atom. The van der Waals surface area contributed by atoms with Gasteiger partial charge in [-0.25, -0.2) is 38.4 Å². The lowest BCUT2D eigenvalue weighted by Crippen LogP contribution is -2.18. The fourth-order valence-corrected chi connectivity index (χ4v) is 16.6. The molecule has 1 N–H and O–H groups in total. The van der Waals surface area contributed by atoms with Gasteiger partial charge in [0.25, 0.3) is 16.7 Å². The number of pyridine rings is 3. The quantitative estimate of drug-likeness (QED) is 0.0581. The standard InChI is InChI=1S/2C26H18ClFN2O5S.C20H15BrN2O5S.C6H4BClFO2.CH4.H3P/c2*1-34-25-13-16(18-10-19(27)14-20(28)11-18)2-5-24(25)30-23-6-4-22(12-17(23)3-7-26(30)31)36(32,33)15-21-8-9-35-29-21;1-27-19-11-14(21)3-5-18(19)23-17-6-4-16(10-13(17)2-7-20(23)24)29(25,26)12-15-8-9-28-22-15;8-4-1-5(9)3-6(2-4)11-7-10;;/h2*2-14H,15H2,1H3;2-11H,12H2,1H3;1-3,10H;1H4;1H3. The van der Waals surface area contributed by atoms with Gasteiger partial charge in [0.2, 0.25) is 0 Å². The zero-order valence-corrected chi connectivity index (χ0v) is 66.7. The van der Waals surface area contributed by atoms with Crippen molar-refractivity contribution >= 4 is 131 Å². The van der Waals surface area contributed by atoms with Gasteiger partial charge in [0, 0.05) is 78.2 Å². The lowest BCUT2D eigenvalue weighted by atomic mass is 10.0. The Bertz CT molecular complexity index is 6290. The van der Waals surface area contributed by atoms with E-state index < -0.39 is 47.0 Å². The van der Waals surface area contributed by atoms with Crippen molar-refractivity contribution in [1.82, 2.24) is 29.2 Å². The maximum absolute atomic E-state index is 13.9. The van der Waals surface area contributed by atoms with Gasteiger partial charge in [-0.2, -0.15) is 9.90 Å². The van der Waals surface area contributed by atoms with Crippen molar-refractivity contribution in [1.29, 1.82) is 0 Å². The summed E-state index contributed by atoms with van der Waals surface area (Å²) in [6.45, 7) is 0. The van der Waals surface area contributed by atoms with Crippen LogP contribution in [0.1, 0.15) is 24.5 Å². The van der Waals surface area contributed by atoms with E-state index in [1.165, 1.54) is 151 Å². The fraction of sp³-hybridized carbons (Fsp3) is 0.0886. The van der Waals surface area contributed by atoms with Gasteiger partial charge in [-0.3, -0.25) is 28.1 Å². The highest BCUT2D eigenvalue weighted by Crippen LogP contribution is 2.37. The number of hydrogen-bond acceptors (Lipinski definition) is 20. The van der Waals surface area contributed by atoms with Crippen LogP contribution in [0.3, 0.4) is 0 Å². The zero-order chi connectivity index (χ0) is 79.8. The number of sulfone groups is 3. The van der Waals surface area contributed by atoms with Gasteiger partial charge in [-0.1, -0.05) is 85.8 Å². The molecule has 114 heavy (non-hydrogen) atoms. The number of nitrogens with zero attached hydrogens (tertiary/aromatic N) is 6. The van der Waals surface area contributed by atoms with Crippen molar-refractivity contribution in [2.75, 3.05) is 21.3 Å². The van der Waals surface area contributed by atoms with E-state index in [0.29, 0.717) is 114 Å². The summed E-state index contributed by atoms with van der Waals surface area (Å²) in [6.07, 6.45) is 3.95. The van der Waals surface area contributed by atoms with E-state index in [-0.39, 0.29) is 86.8 Å². The summed E-state index contributed by atoms with van der Waals surface area (Å²) >= 11 is 20.9. The molecular weight excluding hydrogens is 1690 g/mol. The SMILES string of the molecule is C.COc1cc(-c2cc(F)cc(Cl)c2)ccc1-n1c(=O)ccc2cc(S(=O)(=O)Cc3ccon3)ccc21.COc1cc(-c2cc(F)cc(Cl)c2)ccc1-n1c(=O)ccc2cc(S(=O)(=O)Cc3ccon3)ccc21.COc1cc(Br)ccc1-n1c(=O)ccc2cc(S(=O)(=O)Cc3ccon3)ccc21.O[B]Oc1cc(F)cc(Cl)c1.P. The molecule has 0 aliphatic heterocycles. The fourth-order valence-electron chi connectivity index (χ4n) is 11.8. The highest BCUT2D eigenvalue weighted by Gasteiger charge is 2.24. The molecule has 0 bridgehead atoms. The highest BCUT2D eigenvalue weighted by molar-refractivity contribution is 9.10. The van der Waals surface area contributed by atoms with Crippen LogP contribution in [0, 0.1) is 17.5 Å². The summed E-state index contributed by atoms with van der Waals surface area (Å²) in [4.78, 5) is 38.8. The highest BCUT2D eigenvalue weighted by atomic mass is 79.9. The summed E-state index contributed by atoms with van der Waals surface area (Å²) in [5, 5.41) is 21.6. The molecule has 6 heterocycles. The second kappa shape index (κ2) is 36.8. The first-order chi connectivity index (χ1) is 53.6. The Morgan fingerprint density at radius 2 is 0.746 bits per heavy atom. The third-order valence-corrected chi connectivity index (χ3v) is 22.9. The van der Waals surface area contributed by atoms with Crippen LogP contribution in [0.2, 0.25) is 15.1 Å². The van der Waals surface area contributed by atoms with Gasteiger partial charge in [-0.05, 0) is 186 Å². The van der Waals surface area contributed by atoms with E-state index >= 15 is 0 Å². The smallest absolute Gasteiger partial charge is 0.537 e. The second-order valence-corrected chi connectivity index (χ2v) is 32.4. The average Bonchev–Trinajstić information content (AvgIpc) is 0.896. The van der Waals surface area contributed by atoms with Crippen LogP contribution in [0.4, 0.5) is 13.2 Å². The number of fused-ring (bicyclic) bond motifs is 3. The van der Waals surface area contributed by atoms with Crippen molar-refractivity contribution in [2.24, 2.45) is 0 Å². The van der Waals surface area contributed by atoms with Crippen molar-refractivity contribution in [2.45, 2.75) is 39.4 Å². The van der Waals surface area contributed by atoms with E-state index in [9.17, 15) is 52.8 Å². The van der Waals surface area contributed by atoms with Gasteiger partial charge in [0.15, 0.2) is 29.5 Å². The van der Waals surface area contributed by atoms with E-state index in [1.807, 2.05) is 0 Å². The van der Waals surface area contributed by atoms with Crippen LogP contribution in [0.15, 0.2) is 284 Å². The Balaban J connectivity index is 0.000000169. The first-order valence-corrected chi connectivity index (χ1v) is 39.6. The van der Waals surface area contributed by atoms with Crippen LogP contribution < -0.4 is 35.5 Å². The molecule has 1 unspecified atom stereocenters. The molecule has 0 aliphatic rings. The summed E-state index contributed by atoms with van der Waals surface area (Å²) in [5.74, 6) is -0.934. The molecule has 35 heteroatoms. The lowest BCUT2D eigenvalue weighted by molar-refractivity contribution is 0.412. The molecule has 6 aromatic heterocycles. The van der Waals surface area contributed by atoms with Gasteiger partial charge in [-0.15, -0.1) is 0 Å². The molecule has 0 spiro atoms. The number of ether oxygens (including phenoxy) is 3. The maximum atomic E-state index is 13.9. The van der Waals surface area contributed by atoms with Gasteiger partial charge in [0.1, 0.15) is 76.5 Å². The van der Waals surface area contributed by atoms with Crippen LogP contribution in [0.5, 0.6) is 23.0 Å². The second-order valence-electron chi connectivity index (χ2n) is 24.2. The molecule has 1 radical (unpaired) electrons. The molecular formula is C79H62BBrCl3F3N6O17PS3. The summed E-state index contributed by atoms with van der Waals surface area (Å²) < 4.78 is 158. The normalized spacial score (nSPS) is 11.2. The van der Waals surface area contributed by atoms with Crippen LogP contribution >= 0.6 is 60.6 Å². The Morgan fingerprint density at radius 3 is 1.06 bits per heavy atom.